The third kappa shape index (κ3) is 6.09. The molecule has 1 aromatic rings. The number of morpholine rings is 1. The summed E-state index contributed by atoms with van der Waals surface area (Å²) < 4.78 is 21.7. The highest BCUT2D eigenvalue weighted by atomic mass is 16.5. The highest BCUT2D eigenvalue weighted by Crippen LogP contribution is 2.29. The number of nitrogens with zero attached hydrogens (tertiary/aromatic N) is 1. The van der Waals surface area contributed by atoms with Crippen LogP contribution in [0, 0.1) is 0 Å². The fourth-order valence-corrected chi connectivity index (χ4v) is 2.89. The topological polar surface area (TPSA) is 103 Å². The van der Waals surface area contributed by atoms with E-state index in [4.69, 9.17) is 18.9 Å². The van der Waals surface area contributed by atoms with Crippen LogP contribution in [-0.2, 0) is 19.1 Å². The molecule has 0 radical (unpaired) electrons. The first kappa shape index (κ1) is 21.9. The zero-order valence-corrected chi connectivity index (χ0v) is 17.3. The molecule has 0 spiro atoms. The van der Waals surface area contributed by atoms with Gasteiger partial charge in [-0.1, -0.05) is 0 Å². The van der Waals surface area contributed by atoms with E-state index in [9.17, 15) is 14.4 Å². The molecule has 0 bridgehead atoms. The second-order valence-electron chi connectivity index (χ2n) is 7.21. The van der Waals surface area contributed by atoms with E-state index in [2.05, 4.69) is 5.32 Å². The molecule has 9 nitrogen and oxygen atoms in total. The summed E-state index contributed by atoms with van der Waals surface area (Å²) >= 11 is 0. The normalized spacial score (nSPS) is 17.1. The molecule has 0 unspecified atom stereocenters. The van der Waals surface area contributed by atoms with E-state index in [-0.39, 0.29) is 30.0 Å². The molecule has 1 atom stereocenters. The monoisotopic (exact) mass is 420 g/mol. The van der Waals surface area contributed by atoms with Crippen molar-refractivity contribution in [1.29, 1.82) is 0 Å². The highest BCUT2D eigenvalue weighted by Gasteiger charge is 2.27. The lowest BCUT2D eigenvalue weighted by Gasteiger charge is -2.26. The molecule has 2 amide bonds. The van der Waals surface area contributed by atoms with Crippen molar-refractivity contribution in [3.8, 4) is 11.5 Å². The SMILES string of the molecule is CCOc1cc(C(=O)O[C@@H](C)C(=O)NC2CC2)ccc1OCC(=O)N1CCOCC1. The minimum absolute atomic E-state index is 0.137. The van der Waals surface area contributed by atoms with Crippen molar-refractivity contribution in [1.82, 2.24) is 10.2 Å². The van der Waals surface area contributed by atoms with Crippen LogP contribution in [0.1, 0.15) is 37.0 Å². The van der Waals surface area contributed by atoms with Gasteiger partial charge in [-0.25, -0.2) is 4.79 Å². The molecule has 30 heavy (non-hydrogen) atoms. The second kappa shape index (κ2) is 10.3. The number of hydrogen-bond donors (Lipinski definition) is 1. The summed E-state index contributed by atoms with van der Waals surface area (Å²) in [6, 6.07) is 4.76. The number of nitrogens with one attached hydrogen (secondary N) is 1. The maximum Gasteiger partial charge on any atom is 0.339 e. The van der Waals surface area contributed by atoms with Gasteiger partial charge >= 0.3 is 5.97 Å². The van der Waals surface area contributed by atoms with Crippen molar-refractivity contribution in [2.75, 3.05) is 39.5 Å². The Bertz CT molecular complexity index is 773. The Morgan fingerprint density at radius 3 is 2.57 bits per heavy atom. The number of amides is 2. The molecule has 1 aliphatic heterocycles. The predicted octanol–water partition coefficient (Wildman–Crippen LogP) is 1.15. The Balaban J connectivity index is 1.59. The van der Waals surface area contributed by atoms with E-state index >= 15 is 0 Å². The summed E-state index contributed by atoms with van der Waals surface area (Å²) in [7, 11) is 0. The van der Waals surface area contributed by atoms with Crippen molar-refractivity contribution >= 4 is 17.8 Å². The van der Waals surface area contributed by atoms with Crippen molar-refractivity contribution in [2.24, 2.45) is 0 Å². The van der Waals surface area contributed by atoms with Crippen LogP contribution >= 0.6 is 0 Å². The number of carbonyl (C=O) groups is 3. The summed E-state index contributed by atoms with van der Waals surface area (Å²) in [5.41, 5.74) is 0.233. The molecular weight excluding hydrogens is 392 g/mol. The molecule has 2 fully saturated rings. The number of hydrogen-bond acceptors (Lipinski definition) is 7. The van der Waals surface area contributed by atoms with Gasteiger partial charge in [-0.05, 0) is 44.9 Å². The molecule has 164 valence electrons. The highest BCUT2D eigenvalue weighted by molar-refractivity contribution is 5.93. The summed E-state index contributed by atoms with van der Waals surface area (Å²) in [5.74, 6) is -0.395. The molecule has 1 saturated heterocycles. The summed E-state index contributed by atoms with van der Waals surface area (Å²) in [6.07, 6.45) is 1.02. The van der Waals surface area contributed by atoms with E-state index in [1.807, 2.05) is 0 Å². The zero-order chi connectivity index (χ0) is 21.5. The van der Waals surface area contributed by atoms with Crippen molar-refractivity contribution in [2.45, 2.75) is 38.8 Å². The van der Waals surface area contributed by atoms with Gasteiger partial charge in [-0.2, -0.15) is 0 Å². The third-order valence-corrected chi connectivity index (χ3v) is 4.77. The molecule has 1 N–H and O–H groups in total. The minimum atomic E-state index is -0.893. The van der Waals surface area contributed by atoms with Crippen molar-refractivity contribution < 1.29 is 33.3 Å². The maximum absolute atomic E-state index is 12.4. The molecule has 1 aromatic carbocycles. The van der Waals surface area contributed by atoms with Gasteiger partial charge in [0.25, 0.3) is 11.8 Å². The van der Waals surface area contributed by atoms with Crippen LogP contribution < -0.4 is 14.8 Å². The molecular formula is C21H28N2O7. The Hall–Kier alpha value is -2.81. The molecule has 2 aliphatic rings. The number of carbonyl (C=O) groups excluding carboxylic acids is 3. The van der Waals surface area contributed by atoms with E-state index in [0.717, 1.165) is 12.8 Å². The number of benzene rings is 1. The smallest absolute Gasteiger partial charge is 0.339 e. The summed E-state index contributed by atoms with van der Waals surface area (Å²) in [5, 5.41) is 2.80. The van der Waals surface area contributed by atoms with E-state index in [1.54, 1.807) is 17.9 Å². The predicted molar refractivity (Wildman–Crippen MR) is 107 cm³/mol. The lowest BCUT2D eigenvalue weighted by atomic mass is 10.2. The van der Waals surface area contributed by atoms with E-state index in [1.165, 1.54) is 19.1 Å². The third-order valence-electron chi connectivity index (χ3n) is 4.77. The van der Waals surface area contributed by atoms with Gasteiger partial charge in [0.1, 0.15) is 0 Å². The van der Waals surface area contributed by atoms with Crippen LogP contribution in [0.4, 0.5) is 0 Å². The van der Waals surface area contributed by atoms with Gasteiger partial charge < -0.3 is 29.2 Å². The van der Waals surface area contributed by atoms with Crippen molar-refractivity contribution in [3.63, 3.8) is 0 Å². The molecule has 1 heterocycles. The second-order valence-corrected chi connectivity index (χ2v) is 7.21. The van der Waals surface area contributed by atoms with Gasteiger partial charge in [0, 0.05) is 19.1 Å². The molecule has 1 saturated carbocycles. The fourth-order valence-electron chi connectivity index (χ4n) is 2.89. The standard InChI is InChI=1S/C21H28N2O7/c1-3-28-18-12-15(21(26)30-14(2)20(25)22-16-5-6-16)4-7-17(18)29-13-19(24)23-8-10-27-11-9-23/h4,7,12,14,16H,3,5-6,8-11,13H2,1-2H3,(H,22,25)/t14-/m0/s1. The van der Waals surface area contributed by atoms with Crippen LogP contribution in [0.3, 0.4) is 0 Å². The van der Waals surface area contributed by atoms with Gasteiger partial charge in [-0.3, -0.25) is 9.59 Å². The Labute approximate surface area is 175 Å². The van der Waals surface area contributed by atoms with Gasteiger partial charge in [-0.15, -0.1) is 0 Å². The largest absolute Gasteiger partial charge is 0.490 e. The first-order valence-corrected chi connectivity index (χ1v) is 10.2. The Morgan fingerprint density at radius 2 is 1.90 bits per heavy atom. The first-order valence-electron chi connectivity index (χ1n) is 10.2. The number of rotatable bonds is 9. The summed E-state index contributed by atoms with van der Waals surface area (Å²) in [6.45, 7) is 5.67. The lowest BCUT2D eigenvalue weighted by Crippen LogP contribution is -2.43. The molecule has 0 aromatic heterocycles. The van der Waals surface area contributed by atoms with Gasteiger partial charge in [0.05, 0.1) is 25.4 Å². The Morgan fingerprint density at radius 1 is 1.17 bits per heavy atom. The average molecular weight is 420 g/mol. The number of ether oxygens (including phenoxy) is 4. The zero-order valence-electron chi connectivity index (χ0n) is 17.3. The van der Waals surface area contributed by atoms with Gasteiger partial charge in [0.15, 0.2) is 24.2 Å². The number of esters is 1. The molecule has 1 aliphatic carbocycles. The van der Waals surface area contributed by atoms with Crippen molar-refractivity contribution in [3.05, 3.63) is 23.8 Å². The minimum Gasteiger partial charge on any atom is -0.490 e. The van der Waals surface area contributed by atoms with Gasteiger partial charge in [0.2, 0.25) is 0 Å². The molecule has 9 heteroatoms. The average Bonchev–Trinajstić information content (AvgIpc) is 3.57. The first-order chi connectivity index (χ1) is 14.5. The van der Waals surface area contributed by atoms with Crippen LogP contribution in [0.25, 0.3) is 0 Å². The Kier molecular flexibility index (Phi) is 7.51. The van der Waals surface area contributed by atoms with Crippen LogP contribution in [-0.4, -0.2) is 74.3 Å². The van der Waals surface area contributed by atoms with Crippen LogP contribution in [0.5, 0.6) is 11.5 Å². The fraction of sp³-hybridized carbons (Fsp3) is 0.571. The van der Waals surface area contributed by atoms with Crippen LogP contribution in [0.2, 0.25) is 0 Å². The molecule has 3 rings (SSSR count). The quantitative estimate of drug-likeness (QED) is 0.598. The summed E-state index contributed by atoms with van der Waals surface area (Å²) in [4.78, 5) is 38.4. The van der Waals surface area contributed by atoms with Crippen LogP contribution in [0.15, 0.2) is 18.2 Å². The maximum atomic E-state index is 12.4. The van der Waals surface area contributed by atoms with E-state index < -0.39 is 12.1 Å². The lowest BCUT2D eigenvalue weighted by molar-refractivity contribution is -0.137. The van der Waals surface area contributed by atoms with E-state index in [0.29, 0.717) is 44.4 Å².